The zero-order chi connectivity index (χ0) is 31.1. The van der Waals surface area contributed by atoms with Crippen LogP contribution in [0.5, 0.6) is 5.75 Å². The summed E-state index contributed by atoms with van der Waals surface area (Å²) in [5, 5.41) is 15.6. The van der Waals surface area contributed by atoms with Crippen LogP contribution in [0, 0.1) is 6.92 Å². The zero-order valence-corrected chi connectivity index (χ0v) is 24.5. The van der Waals surface area contributed by atoms with Crippen LogP contribution in [0.15, 0.2) is 59.6 Å². The maximum absolute atomic E-state index is 13.9. The first-order valence-electron chi connectivity index (χ1n) is 13.4. The molecule has 0 aliphatic carbocycles. The van der Waals surface area contributed by atoms with Crippen LogP contribution in [0.3, 0.4) is 0 Å². The van der Waals surface area contributed by atoms with E-state index >= 15 is 0 Å². The molecule has 0 bridgehead atoms. The third-order valence-electron chi connectivity index (χ3n) is 7.14. The van der Waals surface area contributed by atoms with Crippen molar-refractivity contribution in [1.29, 1.82) is 0 Å². The van der Waals surface area contributed by atoms with E-state index in [2.05, 4.69) is 46.7 Å². The highest BCUT2D eigenvalue weighted by molar-refractivity contribution is 6.03. The smallest absolute Gasteiger partial charge is 0.416 e. The van der Waals surface area contributed by atoms with Crippen LogP contribution in [0.2, 0.25) is 0 Å². The van der Waals surface area contributed by atoms with Crippen LogP contribution >= 0.6 is 0 Å². The Morgan fingerprint density at radius 1 is 1.07 bits per heavy atom. The molecular weight excluding hydrogens is 561 g/mol. The fourth-order valence-electron chi connectivity index (χ4n) is 5.14. The number of hydrogen-bond donors (Lipinski definition) is 2. The lowest BCUT2D eigenvalue weighted by Gasteiger charge is -2.21. The van der Waals surface area contributed by atoms with Crippen molar-refractivity contribution in [2.45, 2.75) is 45.8 Å². The summed E-state index contributed by atoms with van der Waals surface area (Å²) in [6, 6.07) is 14.7. The average Bonchev–Trinajstić information content (AvgIpc) is 3.54. The van der Waals surface area contributed by atoms with Crippen molar-refractivity contribution in [2.24, 2.45) is 12.0 Å². The summed E-state index contributed by atoms with van der Waals surface area (Å²) in [6.45, 7) is 8.59. The molecule has 0 saturated heterocycles. The zero-order valence-electron chi connectivity index (χ0n) is 24.5. The number of ether oxygens (including phenoxy) is 1. The van der Waals surface area contributed by atoms with Gasteiger partial charge in [0.15, 0.2) is 0 Å². The van der Waals surface area contributed by atoms with Gasteiger partial charge >= 0.3 is 6.18 Å². The van der Waals surface area contributed by atoms with E-state index in [9.17, 15) is 18.0 Å². The van der Waals surface area contributed by atoms with Gasteiger partial charge < -0.3 is 13.9 Å². The number of aromatic amines is 1. The second-order valence-corrected chi connectivity index (χ2v) is 11.2. The summed E-state index contributed by atoms with van der Waals surface area (Å²) in [5.74, 6) is -0.322. The van der Waals surface area contributed by atoms with Gasteiger partial charge in [0.05, 0.1) is 30.4 Å². The fourth-order valence-corrected chi connectivity index (χ4v) is 5.14. The number of fused-ring (bicyclic) bond motifs is 1. The number of halogens is 3. The van der Waals surface area contributed by atoms with Crippen molar-refractivity contribution in [2.75, 3.05) is 12.4 Å². The number of benzene rings is 3. The minimum atomic E-state index is -4.58. The maximum Gasteiger partial charge on any atom is 0.416 e. The number of carbonyl (C=O) groups is 1. The number of tetrazole rings is 1. The van der Waals surface area contributed by atoms with Gasteiger partial charge in [-0.2, -0.15) is 18.4 Å². The Bertz CT molecular complexity index is 1860. The normalized spacial score (nSPS) is 12.6. The van der Waals surface area contributed by atoms with E-state index in [0.29, 0.717) is 27.9 Å². The number of hydrogen-bond acceptors (Lipinski definition) is 6. The number of alkyl halides is 3. The van der Waals surface area contributed by atoms with Crippen LogP contribution in [0.25, 0.3) is 11.0 Å². The highest BCUT2D eigenvalue weighted by Gasteiger charge is 2.33. The number of aryl methyl sites for hydroxylation is 2. The SMILES string of the molecule is COc1cc(C(F)(F)F)cc2c1n(C)c(=Nc1ccc(C(C)(C)C)c(C)c1)n2Cc1ccc(C(=O)Nc2nn[nH]n2)cc1. The number of amides is 1. The summed E-state index contributed by atoms with van der Waals surface area (Å²) in [5.41, 5.74) is 4.28. The first-order chi connectivity index (χ1) is 20.3. The molecule has 43 heavy (non-hydrogen) atoms. The van der Waals surface area contributed by atoms with Gasteiger partial charge in [-0.15, -0.1) is 5.10 Å². The first-order valence-corrected chi connectivity index (χ1v) is 13.4. The van der Waals surface area contributed by atoms with Gasteiger partial charge in [0.25, 0.3) is 11.9 Å². The molecule has 0 fully saturated rings. The number of H-pyrrole nitrogens is 1. The fraction of sp³-hybridized carbons (Fsp3) is 0.300. The third-order valence-corrected chi connectivity index (χ3v) is 7.14. The molecule has 2 N–H and O–H groups in total. The number of aromatic nitrogens is 6. The summed E-state index contributed by atoms with van der Waals surface area (Å²) >= 11 is 0. The summed E-state index contributed by atoms with van der Waals surface area (Å²) in [7, 11) is 3.09. The molecule has 0 aliphatic heterocycles. The molecule has 0 radical (unpaired) electrons. The van der Waals surface area contributed by atoms with E-state index in [1.165, 1.54) is 12.7 Å². The number of rotatable bonds is 6. The average molecular weight is 593 g/mol. The van der Waals surface area contributed by atoms with Crippen LogP contribution in [-0.4, -0.2) is 42.8 Å². The molecular formula is C30H31F3N8O2. The van der Waals surface area contributed by atoms with Crippen molar-refractivity contribution in [3.63, 3.8) is 0 Å². The quantitative estimate of drug-likeness (QED) is 0.264. The largest absolute Gasteiger partial charge is 0.494 e. The molecule has 0 atom stereocenters. The minimum Gasteiger partial charge on any atom is -0.494 e. The molecule has 2 aromatic heterocycles. The van der Waals surface area contributed by atoms with Gasteiger partial charge in [-0.05, 0) is 70.6 Å². The standard InChI is InChI=1S/C30H31F3N8O2/c1-17-13-21(11-12-22(17)29(2,3)4)34-28-40(5)25-23(14-20(30(31,32)33)15-24(25)43-6)41(28)16-18-7-9-19(10-8-18)26(42)35-27-36-38-39-37-27/h7-15H,16H2,1-6H3,(H2,35,36,37,38,39,42). The monoisotopic (exact) mass is 592 g/mol. The number of nitrogens with one attached hydrogen (secondary N) is 2. The molecule has 0 aliphatic rings. The molecule has 0 unspecified atom stereocenters. The molecule has 3 aromatic carbocycles. The second-order valence-electron chi connectivity index (χ2n) is 11.2. The van der Waals surface area contributed by atoms with E-state index in [-0.39, 0.29) is 23.7 Å². The first kappa shape index (κ1) is 29.5. The third kappa shape index (κ3) is 6.01. The van der Waals surface area contributed by atoms with Crippen LogP contribution < -0.4 is 15.7 Å². The van der Waals surface area contributed by atoms with E-state index in [4.69, 9.17) is 9.73 Å². The van der Waals surface area contributed by atoms with Gasteiger partial charge in [0, 0.05) is 12.6 Å². The number of imidazole rings is 1. The highest BCUT2D eigenvalue weighted by Crippen LogP contribution is 2.36. The number of nitrogens with zero attached hydrogens (tertiary/aromatic N) is 6. The van der Waals surface area contributed by atoms with Gasteiger partial charge in [-0.25, -0.2) is 4.99 Å². The Morgan fingerprint density at radius 3 is 2.37 bits per heavy atom. The Hall–Kier alpha value is -4.94. The van der Waals surface area contributed by atoms with Crippen molar-refractivity contribution in [1.82, 2.24) is 29.8 Å². The lowest BCUT2D eigenvalue weighted by Crippen LogP contribution is -2.24. The molecule has 10 nitrogen and oxygen atoms in total. The van der Waals surface area contributed by atoms with Gasteiger partial charge in [0.2, 0.25) is 5.62 Å². The predicted octanol–water partition coefficient (Wildman–Crippen LogP) is 5.66. The topological polar surface area (TPSA) is 115 Å². The van der Waals surface area contributed by atoms with Crippen molar-refractivity contribution < 1.29 is 22.7 Å². The Labute approximate surface area is 245 Å². The van der Waals surface area contributed by atoms with Crippen molar-refractivity contribution in [3.8, 4) is 5.75 Å². The molecule has 13 heteroatoms. The van der Waals surface area contributed by atoms with E-state index in [1.807, 2.05) is 25.1 Å². The Balaban J connectivity index is 1.64. The maximum atomic E-state index is 13.9. The summed E-state index contributed by atoms with van der Waals surface area (Å²) < 4.78 is 50.7. The van der Waals surface area contributed by atoms with E-state index in [1.54, 1.807) is 40.4 Å². The van der Waals surface area contributed by atoms with Crippen LogP contribution in [0.4, 0.5) is 24.8 Å². The Morgan fingerprint density at radius 2 is 1.79 bits per heavy atom. The summed E-state index contributed by atoms with van der Waals surface area (Å²) in [4.78, 5) is 17.5. The van der Waals surface area contributed by atoms with Crippen molar-refractivity contribution >= 4 is 28.6 Å². The number of anilines is 1. The minimum absolute atomic E-state index is 0.0341. The van der Waals surface area contributed by atoms with Crippen LogP contribution in [0.1, 0.15) is 53.4 Å². The second kappa shape index (κ2) is 11.0. The van der Waals surface area contributed by atoms with Gasteiger partial charge in [-0.3, -0.25) is 10.1 Å². The van der Waals surface area contributed by atoms with E-state index in [0.717, 1.165) is 23.3 Å². The molecule has 1 amide bonds. The highest BCUT2D eigenvalue weighted by atomic mass is 19.4. The molecule has 5 aromatic rings. The Kier molecular flexibility index (Phi) is 7.59. The molecule has 5 rings (SSSR count). The van der Waals surface area contributed by atoms with Crippen LogP contribution in [-0.2, 0) is 25.2 Å². The lowest BCUT2D eigenvalue weighted by atomic mass is 9.84. The molecule has 2 heterocycles. The van der Waals surface area contributed by atoms with E-state index < -0.39 is 17.6 Å². The van der Waals surface area contributed by atoms with Gasteiger partial charge in [-0.1, -0.05) is 44.1 Å². The number of carbonyl (C=O) groups excluding carboxylic acids is 1. The van der Waals surface area contributed by atoms with Gasteiger partial charge in [0.1, 0.15) is 11.3 Å². The predicted molar refractivity (Wildman–Crippen MR) is 155 cm³/mol. The van der Waals surface area contributed by atoms with Crippen molar-refractivity contribution in [3.05, 3.63) is 88.0 Å². The molecule has 224 valence electrons. The molecule has 0 saturated carbocycles. The number of methoxy groups -OCH3 is 1. The molecule has 0 spiro atoms. The summed E-state index contributed by atoms with van der Waals surface area (Å²) in [6.07, 6.45) is -4.58. The lowest BCUT2D eigenvalue weighted by molar-refractivity contribution is -0.137.